The van der Waals surface area contributed by atoms with E-state index in [0.717, 1.165) is 0 Å². The van der Waals surface area contributed by atoms with E-state index in [4.69, 9.17) is 10.8 Å². The molecule has 0 amide bonds. The molecular weight excluding hydrogens is 212 g/mol. The van der Waals surface area contributed by atoms with Crippen molar-refractivity contribution in [3.05, 3.63) is 16.8 Å². The van der Waals surface area contributed by atoms with E-state index in [2.05, 4.69) is 9.97 Å². The lowest BCUT2D eigenvalue weighted by Crippen LogP contribution is -2.27. The van der Waals surface area contributed by atoms with Gasteiger partial charge in [0.05, 0.1) is 6.10 Å². The van der Waals surface area contributed by atoms with Gasteiger partial charge in [-0.2, -0.15) is 4.98 Å². The molecule has 1 aliphatic rings. The van der Waals surface area contributed by atoms with Crippen molar-refractivity contribution in [2.75, 3.05) is 12.3 Å². The SMILES string of the molecule is Nc1ncn([C@H]2CC(O)[C@@H](CO)C2)c(=O)n1. The van der Waals surface area contributed by atoms with Crippen LogP contribution in [0.25, 0.3) is 0 Å². The number of rotatable bonds is 2. The number of nitrogens with two attached hydrogens (primary N) is 1. The highest BCUT2D eigenvalue weighted by molar-refractivity contribution is 5.10. The van der Waals surface area contributed by atoms with Gasteiger partial charge >= 0.3 is 5.69 Å². The monoisotopic (exact) mass is 226 g/mol. The Balaban J connectivity index is 2.23. The third kappa shape index (κ3) is 1.91. The third-order valence-electron chi connectivity index (χ3n) is 3.01. The number of nitrogen functional groups attached to an aromatic ring is 1. The van der Waals surface area contributed by atoms with Crippen molar-refractivity contribution in [3.8, 4) is 0 Å². The lowest BCUT2D eigenvalue weighted by Gasteiger charge is -2.11. The molecule has 0 saturated heterocycles. The molecule has 4 N–H and O–H groups in total. The summed E-state index contributed by atoms with van der Waals surface area (Å²) in [5.74, 6) is -0.243. The van der Waals surface area contributed by atoms with E-state index < -0.39 is 11.8 Å². The lowest BCUT2D eigenvalue weighted by atomic mass is 10.1. The van der Waals surface area contributed by atoms with Gasteiger partial charge in [0.15, 0.2) is 0 Å². The second-order valence-electron chi connectivity index (χ2n) is 4.04. The Kier molecular flexibility index (Phi) is 2.88. The second-order valence-corrected chi connectivity index (χ2v) is 4.04. The Bertz CT molecular complexity index is 433. The third-order valence-corrected chi connectivity index (χ3v) is 3.01. The van der Waals surface area contributed by atoms with Crippen molar-refractivity contribution in [1.82, 2.24) is 14.5 Å². The Morgan fingerprint density at radius 1 is 1.56 bits per heavy atom. The number of hydrogen-bond donors (Lipinski definition) is 3. The average molecular weight is 226 g/mol. The smallest absolute Gasteiger partial charge is 0.352 e. The Hall–Kier alpha value is -1.47. The summed E-state index contributed by atoms with van der Waals surface area (Å²) in [5.41, 5.74) is 4.81. The van der Waals surface area contributed by atoms with Crippen molar-refractivity contribution in [2.45, 2.75) is 25.0 Å². The van der Waals surface area contributed by atoms with E-state index >= 15 is 0 Å². The molecule has 0 radical (unpaired) electrons. The fraction of sp³-hybridized carbons (Fsp3) is 0.667. The molecule has 3 atom stereocenters. The zero-order valence-corrected chi connectivity index (χ0v) is 8.65. The Labute approximate surface area is 91.6 Å². The number of nitrogens with zero attached hydrogens (tertiary/aromatic N) is 3. The van der Waals surface area contributed by atoms with Crippen molar-refractivity contribution < 1.29 is 10.2 Å². The molecule has 1 heterocycles. The van der Waals surface area contributed by atoms with E-state index in [1.807, 2.05) is 0 Å². The average Bonchev–Trinajstić information content (AvgIpc) is 2.59. The summed E-state index contributed by atoms with van der Waals surface area (Å²) in [6.07, 6.45) is 1.73. The highest BCUT2D eigenvalue weighted by atomic mass is 16.3. The molecule has 0 aliphatic heterocycles. The van der Waals surface area contributed by atoms with Gasteiger partial charge in [0.2, 0.25) is 5.95 Å². The van der Waals surface area contributed by atoms with Crippen LogP contribution in [-0.4, -0.2) is 37.5 Å². The first kappa shape index (κ1) is 11.0. The van der Waals surface area contributed by atoms with Gasteiger partial charge in [0, 0.05) is 18.6 Å². The van der Waals surface area contributed by atoms with Crippen LogP contribution in [-0.2, 0) is 0 Å². The highest BCUT2D eigenvalue weighted by Gasteiger charge is 2.34. The summed E-state index contributed by atoms with van der Waals surface area (Å²) < 4.78 is 1.36. The molecule has 1 aromatic rings. The molecule has 7 nitrogen and oxygen atoms in total. The quantitative estimate of drug-likeness (QED) is 0.567. The summed E-state index contributed by atoms with van der Waals surface area (Å²) in [6, 6.07) is -0.166. The minimum atomic E-state index is -0.584. The maximum atomic E-state index is 11.5. The van der Waals surface area contributed by atoms with Gasteiger partial charge in [-0.1, -0.05) is 0 Å². The normalized spacial score (nSPS) is 29.5. The Morgan fingerprint density at radius 2 is 2.31 bits per heavy atom. The van der Waals surface area contributed by atoms with E-state index in [1.54, 1.807) is 0 Å². The number of aromatic nitrogens is 3. The van der Waals surface area contributed by atoms with E-state index in [1.165, 1.54) is 10.9 Å². The van der Waals surface area contributed by atoms with Crippen molar-refractivity contribution in [2.24, 2.45) is 5.92 Å². The molecule has 88 valence electrons. The zero-order valence-electron chi connectivity index (χ0n) is 8.65. The predicted octanol–water partition coefficient (Wildman–Crippen LogP) is -1.48. The van der Waals surface area contributed by atoms with Crippen LogP contribution in [0.15, 0.2) is 11.1 Å². The first-order valence-electron chi connectivity index (χ1n) is 5.11. The molecule has 2 rings (SSSR count). The molecule has 1 fully saturated rings. The summed E-state index contributed by atoms with van der Waals surface area (Å²) in [6.45, 7) is -0.0811. The van der Waals surface area contributed by atoms with Gasteiger partial charge in [-0.3, -0.25) is 4.57 Å². The molecule has 16 heavy (non-hydrogen) atoms. The molecule has 7 heteroatoms. The molecule has 1 aliphatic carbocycles. The lowest BCUT2D eigenvalue weighted by molar-refractivity contribution is 0.0906. The van der Waals surface area contributed by atoms with E-state index in [0.29, 0.717) is 12.8 Å². The zero-order chi connectivity index (χ0) is 11.7. The molecular formula is C9H14N4O3. The van der Waals surface area contributed by atoms with Crippen molar-refractivity contribution in [1.29, 1.82) is 0 Å². The molecule has 0 bridgehead atoms. The van der Waals surface area contributed by atoms with Crippen molar-refractivity contribution in [3.63, 3.8) is 0 Å². The first-order chi connectivity index (χ1) is 7.61. The highest BCUT2D eigenvalue weighted by Crippen LogP contribution is 2.33. The van der Waals surface area contributed by atoms with E-state index in [-0.39, 0.29) is 24.5 Å². The minimum absolute atomic E-state index is 0.0569. The topological polar surface area (TPSA) is 114 Å². The van der Waals surface area contributed by atoms with Crippen LogP contribution in [0.3, 0.4) is 0 Å². The van der Waals surface area contributed by atoms with Crippen LogP contribution in [0, 0.1) is 5.92 Å². The fourth-order valence-electron chi connectivity index (χ4n) is 2.10. The molecule has 0 spiro atoms. The van der Waals surface area contributed by atoms with Gasteiger partial charge < -0.3 is 15.9 Å². The van der Waals surface area contributed by atoms with Gasteiger partial charge in [-0.15, -0.1) is 0 Å². The standard InChI is InChI=1S/C9H14N4O3/c10-8-11-4-13(9(16)12-8)6-1-5(3-14)7(15)2-6/h4-7,14-15H,1-3H2,(H2,10,12,16)/t5-,6-,7?/m1/s1. The summed E-state index contributed by atoms with van der Waals surface area (Å²) in [4.78, 5) is 18.8. The number of anilines is 1. The van der Waals surface area contributed by atoms with Gasteiger partial charge in [0.1, 0.15) is 6.33 Å². The van der Waals surface area contributed by atoms with Gasteiger partial charge in [-0.25, -0.2) is 9.78 Å². The summed E-state index contributed by atoms with van der Waals surface area (Å²) in [5, 5.41) is 18.6. The minimum Gasteiger partial charge on any atom is -0.396 e. The van der Waals surface area contributed by atoms with Crippen LogP contribution in [0.2, 0.25) is 0 Å². The largest absolute Gasteiger partial charge is 0.396 e. The van der Waals surface area contributed by atoms with Gasteiger partial charge in [0.25, 0.3) is 0 Å². The van der Waals surface area contributed by atoms with Crippen LogP contribution in [0.5, 0.6) is 0 Å². The second kappa shape index (κ2) is 4.18. The molecule has 1 aromatic heterocycles. The van der Waals surface area contributed by atoms with Crippen molar-refractivity contribution >= 4 is 5.95 Å². The van der Waals surface area contributed by atoms with Gasteiger partial charge in [-0.05, 0) is 12.8 Å². The predicted molar refractivity (Wildman–Crippen MR) is 55.6 cm³/mol. The first-order valence-corrected chi connectivity index (χ1v) is 5.11. The van der Waals surface area contributed by atoms with Crippen LogP contribution < -0.4 is 11.4 Å². The number of aliphatic hydroxyl groups is 2. The van der Waals surface area contributed by atoms with Crippen LogP contribution >= 0.6 is 0 Å². The van der Waals surface area contributed by atoms with Crippen LogP contribution in [0.1, 0.15) is 18.9 Å². The maximum Gasteiger partial charge on any atom is 0.352 e. The molecule has 1 saturated carbocycles. The van der Waals surface area contributed by atoms with E-state index in [9.17, 15) is 9.90 Å². The summed E-state index contributed by atoms with van der Waals surface area (Å²) >= 11 is 0. The molecule has 0 aromatic carbocycles. The maximum absolute atomic E-state index is 11.5. The fourth-order valence-corrected chi connectivity index (χ4v) is 2.10. The van der Waals surface area contributed by atoms with Crippen LogP contribution in [0.4, 0.5) is 5.95 Å². The summed E-state index contributed by atoms with van der Waals surface area (Å²) in [7, 11) is 0. The number of aliphatic hydroxyl groups excluding tert-OH is 2. The molecule has 1 unspecified atom stereocenters. The Morgan fingerprint density at radius 3 is 2.88 bits per heavy atom. The number of hydrogen-bond acceptors (Lipinski definition) is 6.